The summed E-state index contributed by atoms with van der Waals surface area (Å²) in [5, 5.41) is 76.6. The van der Waals surface area contributed by atoms with Crippen LogP contribution >= 0.6 is 95.1 Å². The van der Waals surface area contributed by atoms with Gasteiger partial charge in [0.1, 0.15) is 23.0 Å². The molecule has 4 aromatic carbocycles. The zero-order chi connectivity index (χ0) is 52.6. The highest BCUT2D eigenvalue weighted by molar-refractivity contribution is 9.69. The average molecular weight is 1350 g/mol. The van der Waals surface area contributed by atoms with Gasteiger partial charge < -0.3 is 29.4 Å². The third-order valence-electron chi connectivity index (χ3n) is 8.86. The van der Waals surface area contributed by atoms with Gasteiger partial charge in [0.25, 0.3) is 22.7 Å². The first-order chi connectivity index (χ1) is 31.9. The zero-order valence-corrected chi connectivity index (χ0v) is 46.6. The Bertz CT molecular complexity index is 2610. The Labute approximate surface area is 444 Å². The van der Waals surface area contributed by atoms with Crippen molar-refractivity contribution in [2.45, 2.75) is 38.9 Å². The number of nitrogens with zero attached hydrogens (tertiary/aromatic N) is 8. The number of nitro benzene ring substituents is 4. The number of ether oxygens (including phenoxy) is 1. The quantitative estimate of drug-likeness (QED) is 0.0760. The fourth-order valence-corrected chi connectivity index (χ4v) is 6.48. The Kier molecular flexibility index (Phi) is 23.9. The Morgan fingerprint density at radius 2 is 0.942 bits per heavy atom. The maximum Gasteiger partial charge on any atom is 0.498 e. The summed E-state index contributed by atoms with van der Waals surface area (Å²) in [7, 11) is 4.80. The van der Waals surface area contributed by atoms with E-state index in [1.165, 1.54) is 55.6 Å². The smallest absolute Gasteiger partial charge is 0.498 e. The monoisotopic (exact) mass is 1340 g/mol. The molecular weight excluding hydrogens is 1310 g/mol. The van der Waals surface area contributed by atoms with E-state index in [9.17, 15) is 45.6 Å². The average Bonchev–Trinajstić information content (AvgIpc) is 3.93. The molecule has 7 rings (SSSR count). The predicted octanol–water partition coefficient (Wildman–Crippen LogP) is 11.1. The highest BCUT2D eigenvalue weighted by Gasteiger charge is 2.52. The molecule has 30 heteroatoms. The summed E-state index contributed by atoms with van der Waals surface area (Å²) < 4.78 is 21.8. The van der Waals surface area contributed by atoms with Crippen LogP contribution in [0.15, 0.2) is 111 Å². The van der Waals surface area contributed by atoms with Crippen molar-refractivity contribution in [1.82, 2.24) is 19.6 Å². The number of halogens is 6. The maximum atomic E-state index is 10.6. The lowest BCUT2D eigenvalue weighted by Crippen LogP contribution is -2.41. The minimum atomic E-state index is -0.565. The number of aromatic hydroxyl groups is 3. The third-order valence-corrected chi connectivity index (χ3v) is 10.2. The number of phenols is 3. The minimum Gasteiger partial charge on any atom is -0.508 e. The molecule has 0 unspecified atom stereocenters. The van der Waals surface area contributed by atoms with Gasteiger partial charge in [-0.1, -0.05) is 47.8 Å². The van der Waals surface area contributed by atoms with Crippen molar-refractivity contribution in [2.24, 2.45) is 14.1 Å². The summed E-state index contributed by atoms with van der Waals surface area (Å²) in [5.41, 5.74) is 1.31. The van der Waals surface area contributed by atoms with Gasteiger partial charge in [-0.3, -0.25) is 49.8 Å². The third kappa shape index (κ3) is 20.9. The maximum absolute atomic E-state index is 10.6. The molecule has 1 fully saturated rings. The van der Waals surface area contributed by atoms with Gasteiger partial charge in [-0.15, -0.1) is 47.3 Å². The van der Waals surface area contributed by atoms with Gasteiger partial charge in [0.15, 0.2) is 0 Å². The minimum absolute atomic E-state index is 0.0150. The summed E-state index contributed by atoms with van der Waals surface area (Å²) in [6, 6.07) is 16.0. The van der Waals surface area contributed by atoms with E-state index >= 15 is 0 Å². The molecular formula is C39H40B2Br6N8O14. The van der Waals surface area contributed by atoms with Crippen LogP contribution in [0.4, 0.5) is 22.7 Å². The van der Waals surface area contributed by atoms with Crippen LogP contribution < -0.4 is 10.2 Å². The summed E-state index contributed by atoms with van der Waals surface area (Å²) in [5.74, 6) is 0.0984. The standard InChI is InChI=1S/C10H17BN2O2.C10H9N3O3.C7H6BrNO3.2C6H4BrNO3.BBr3/c1-9(2)10(3,4)15-11(14-9)8-6-12-13(5)7-8;1-12-6-8(5-11-12)7-2-9(13(15)16)4-10(14)3-7;1-12-7-3-5(8)2-6(4-7)9(10)11;2*7-4-1-5(8(10)11)3-6(9)2-4;2-1(3)4/h6-7H,1-5H3;2-6,14H,1H3;2-4H,1H3;2*1-3,9H;. The number of benzene rings is 4. The molecule has 0 amide bonds. The second kappa shape index (κ2) is 27.4. The number of hydrogen-bond acceptors (Lipinski definition) is 16. The van der Waals surface area contributed by atoms with Crippen LogP contribution in [-0.2, 0) is 23.4 Å². The lowest BCUT2D eigenvalue weighted by atomic mass is 9.82. The summed E-state index contributed by atoms with van der Waals surface area (Å²) >= 11 is 18.5. The van der Waals surface area contributed by atoms with Crippen LogP contribution in [-0.4, -0.2) is 83.2 Å². The van der Waals surface area contributed by atoms with Gasteiger partial charge in [0.05, 0.1) is 68.5 Å². The topological polar surface area (TPSA) is 297 Å². The normalized spacial score (nSPS) is 12.6. The number of aromatic nitrogens is 4. The van der Waals surface area contributed by atoms with Crippen molar-refractivity contribution < 1.29 is 49.1 Å². The van der Waals surface area contributed by atoms with E-state index in [0.717, 1.165) is 29.2 Å². The van der Waals surface area contributed by atoms with Gasteiger partial charge in [-0.05, 0) is 57.5 Å². The molecule has 1 aliphatic rings. The Morgan fingerprint density at radius 1 is 0.580 bits per heavy atom. The van der Waals surface area contributed by atoms with Crippen LogP contribution in [0.2, 0.25) is 0 Å². The van der Waals surface area contributed by atoms with Crippen molar-refractivity contribution in [3.05, 3.63) is 151 Å². The van der Waals surface area contributed by atoms with Gasteiger partial charge in [-0.25, -0.2) is 0 Å². The van der Waals surface area contributed by atoms with Crippen LogP contribution in [0.5, 0.6) is 23.0 Å². The number of aryl methyl sites for hydroxylation is 2. The van der Waals surface area contributed by atoms with Crippen molar-refractivity contribution in [3.8, 4) is 34.1 Å². The molecule has 0 spiro atoms. The van der Waals surface area contributed by atoms with E-state index in [-0.39, 0.29) is 61.5 Å². The predicted molar refractivity (Wildman–Crippen MR) is 281 cm³/mol. The van der Waals surface area contributed by atoms with Crippen molar-refractivity contribution in [2.75, 3.05) is 7.11 Å². The molecule has 0 aliphatic carbocycles. The van der Waals surface area contributed by atoms with Crippen molar-refractivity contribution in [3.63, 3.8) is 0 Å². The van der Waals surface area contributed by atoms with E-state index < -0.39 is 19.7 Å². The number of methoxy groups -OCH3 is 1. The highest BCUT2D eigenvalue weighted by Crippen LogP contribution is 2.36. The molecule has 0 radical (unpaired) electrons. The lowest BCUT2D eigenvalue weighted by molar-refractivity contribution is -0.385. The van der Waals surface area contributed by atoms with E-state index in [1.54, 1.807) is 41.1 Å². The first-order valence-corrected chi connectivity index (χ1v) is 24.1. The second-order valence-electron chi connectivity index (χ2n) is 14.6. The molecule has 1 saturated heterocycles. The van der Waals surface area contributed by atoms with E-state index in [4.69, 9.17) is 24.3 Å². The number of non-ortho nitro benzene ring substituents is 4. The van der Waals surface area contributed by atoms with E-state index in [2.05, 4.69) is 105 Å². The fourth-order valence-electron chi connectivity index (χ4n) is 5.08. The van der Waals surface area contributed by atoms with Gasteiger partial charge in [-0.2, -0.15) is 10.2 Å². The first kappa shape index (κ1) is 60.2. The highest BCUT2D eigenvalue weighted by atomic mass is 79.9. The molecule has 0 bridgehead atoms. The molecule has 3 N–H and O–H groups in total. The van der Waals surface area contributed by atoms with Gasteiger partial charge in [0, 0.05) is 81.4 Å². The number of rotatable bonds is 7. The molecule has 0 saturated carbocycles. The molecule has 368 valence electrons. The largest absolute Gasteiger partial charge is 0.508 e. The molecule has 69 heavy (non-hydrogen) atoms. The van der Waals surface area contributed by atoms with Crippen LogP contribution in [0.3, 0.4) is 0 Å². The Balaban J connectivity index is 0.000000292. The van der Waals surface area contributed by atoms with Gasteiger partial charge in [0.2, 0.25) is 0 Å². The molecule has 1 aliphatic heterocycles. The number of nitro groups is 4. The van der Waals surface area contributed by atoms with Gasteiger partial charge >= 0.3 is 10.3 Å². The summed E-state index contributed by atoms with van der Waals surface area (Å²) in [6.07, 6.45) is 7.00. The van der Waals surface area contributed by atoms with Crippen LogP contribution in [0.25, 0.3) is 11.1 Å². The van der Waals surface area contributed by atoms with Crippen molar-refractivity contribution in [1.29, 1.82) is 0 Å². The SMILES string of the molecule is BrB(Br)Br.COc1cc(Br)cc([N+](=O)[O-])c1.Cn1cc(-c2cc(O)cc([N+](=O)[O-])c2)cn1.Cn1cc(B2OC(C)(C)C(C)(C)O2)cn1.O=[N+]([O-])c1cc(O)cc(Br)c1.O=[N+]([O-])c1cc(O)cc(Br)c1. The van der Waals surface area contributed by atoms with Crippen LogP contribution in [0, 0.1) is 40.5 Å². The zero-order valence-electron chi connectivity index (χ0n) is 37.1. The molecule has 22 nitrogen and oxygen atoms in total. The Morgan fingerprint density at radius 3 is 1.29 bits per heavy atom. The molecule has 3 heterocycles. The molecule has 0 atom stereocenters. The summed E-state index contributed by atoms with van der Waals surface area (Å²) in [4.78, 5) is 39.2. The van der Waals surface area contributed by atoms with E-state index in [1.807, 2.05) is 40.9 Å². The summed E-state index contributed by atoms with van der Waals surface area (Å²) in [6.45, 7) is 8.18. The first-order valence-electron chi connectivity index (χ1n) is 18.9. The van der Waals surface area contributed by atoms with Crippen LogP contribution in [0.1, 0.15) is 27.7 Å². The molecule has 6 aromatic rings. The number of hydrogen-bond donors (Lipinski definition) is 3. The molecule has 2 aromatic heterocycles. The second-order valence-corrected chi connectivity index (χ2v) is 23.8. The number of phenolic OH excluding ortho intramolecular Hbond substituents is 3. The van der Waals surface area contributed by atoms with Crippen molar-refractivity contribution >= 4 is 134 Å². The fraction of sp³-hybridized carbons (Fsp3) is 0.231. The van der Waals surface area contributed by atoms with E-state index in [0.29, 0.717) is 24.7 Å². The lowest BCUT2D eigenvalue weighted by Gasteiger charge is -2.32. The Hall–Kier alpha value is -4.97.